The number of carbonyl (C=O) groups is 2. The number of nitrogens with zero attached hydrogens (tertiary/aromatic N) is 2. The predicted molar refractivity (Wildman–Crippen MR) is 146 cm³/mol. The van der Waals surface area contributed by atoms with E-state index in [1.807, 2.05) is 36.4 Å². The molecule has 0 aliphatic heterocycles. The predicted octanol–water partition coefficient (Wildman–Crippen LogP) is 3.10. The summed E-state index contributed by atoms with van der Waals surface area (Å²) >= 11 is 1.47. The molecule has 1 amide bonds. The highest BCUT2D eigenvalue weighted by Crippen LogP contribution is 2.40. The van der Waals surface area contributed by atoms with Gasteiger partial charge in [0, 0.05) is 30.9 Å². The number of rotatable bonds is 13. The third-order valence-electron chi connectivity index (χ3n) is 7.89. The lowest BCUT2D eigenvalue weighted by Crippen LogP contribution is -2.45. The first-order valence-electron chi connectivity index (χ1n) is 13.2. The van der Waals surface area contributed by atoms with Crippen molar-refractivity contribution in [2.24, 2.45) is 5.41 Å². The molecule has 0 radical (unpaired) electrons. The van der Waals surface area contributed by atoms with Crippen LogP contribution in [0.4, 0.5) is 0 Å². The van der Waals surface area contributed by atoms with Crippen LogP contribution in [0.1, 0.15) is 42.8 Å². The third kappa shape index (κ3) is 6.10. The molecule has 0 fully saturated rings. The number of hydrogen-bond donors (Lipinski definition) is 1. The van der Waals surface area contributed by atoms with E-state index in [2.05, 4.69) is 26.2 Å². The Morgan fingerprint density at radius 3 is 2.42 bits per heavy atom. The average Bonchev–Trinajstić information content (AvgIpc) is 3.49. The third-order valence-corrected chi connectivity index (χ3v) is 8.90. The van der Waals surface area contributed by atoms with Crippen molar-refractivity contribution in [1.29, 1.82) is 0 Å². The first-order valence-corrected chi connectivity index (χ1v) is 14.0. The van der Waals surface area contributed by atoms with Crippen molar-refractivity contribution in [2.75, 3.05) is 40.4 Å². The molecule has 4 rings (SSSR count). The van der Waals surface area contributed by atoms with Gasteiger partial charge < -0.3 is 29.2 Å². The van der Waals surface area contributed by atoms with Gasteiger partial charge in [0.15, 0.2) is 11.5 Å². The van der Waals surface area contributed by atoms with Gasteiger partial charge in [0.1, 0.15) is 5.01 Å². The molecule has 204 valence electrons. The highest BCUT2D eigenvalue weighted by molar-refractivity contribution is 7.18. The van der Waals surface area contributed by atoms with Crippen molar-refractivity contribution < 1.29 is 28.7 Å². The fourth-order valence-corrected chi connectivity index (χ4v) is 6.10. The Morgan fingerprint density at radius 1 is 1.13 bits per heavy atom. The number of fused-ring (bicyclic) bond motifs is 2. The van der Waals surface area contributed by atoms with Gasteiger partial charge in [-0.25, -0.2) is 4.98 Å². The summed E-state index contributed by atoms with van der Waals surface area (Å²) in [6.45, 7) is 8.44. The number of aliphatic carboxylic acids is 1. The fraction of sp³-hybridized carbons (Fsp3) is 0.483. The lowest BCUT2D eigenvalue weighted by molar-refractivity contribution is -0.906. The Kier molecular flexibility index (Phi) is 8.57. The van der Waals surface area contributed by atoms with Crippen LogP contribution in [-0.2, 0) is 29.0 Å². The second kappa shape index (κ2) is 11.7. The lowest BCUT2D eigenvalue weighted by Gasteiger charge is -2.32. The largest absolute Gasteiger partial charge is 0.550 e. The van der Waals surface area contributed by atoms with E-state index < -0.39 is 11.4 Å². The van der Waals surface area contributed by atoms with Gasteiger partial charge in [-0.15, -0.1) is 11.3 Å². The standard InChI is InChI=1S/C29H37N3O5S/c1-5-32(3,6-2)12-9-13-37-24-14-22-25(15-23(24)36-4)38-26(31-22)19-30-28(35)29(18-27(33)34)16-20-10-7-8-11-21(20)17-29/h7-8,10-11,14-15H,5-6,9,12-13,16-19H2,1-4H3,(H-,30,33,34,35). The van der Waals surface area contributed by atoms with Gasteiger partial charge >= 0.3 is 0 Å². The molecule has 0 spiro atoms. The first-order chi connectivity index (χ1) is 18.2. The molecule has 1 aliphatic rings. The fourth-order valence-electron chi connectivity index (χ4n) is 5.18. The van der Waals surface area contributed by atoms with Crippen LogP contribution in [-0.4, -0.2) is 61.7 Å². The van der Waals surface area contributed by atoms with Crippen LogP contribution in [0.3, 0.4) is 0 Å². The number of carboxylic acid groups (broad SMARTS) is 1. The second-order valence-electron chi connectivity index (χ2n) is 10.4. The minimum absolute atomic E-state index is 0.215. The van der Waals surface area contributed by atoms with E-state index >= 15 is 0 Å². The van der Waals surface area contributed by atoms with Gasteiger partial charge in [0.05, 0.1) is 62.6 Å². The van der Waals surface area contributed by atoms with Crippen LogP contribution in [0, 0.1) is 5.41 Å². The number of hydrogen-bond acceptors (Lipinski definition) is 7. The van der Waals surface area contributed by atoms with Crippen LogP contribution in [0.15, 0.2) is 36.4 Å². The molecule has 0 unspecified atom stereocenters. The molecule has 1 N–H and O–H groups in total. The molecule has 0 atom stereocenters. The number of thiazole rings is 1. The smallest absolute Gasteiger partial charge is 0.227 e. The highest BCUT2D eigenvalue weighted by atomic mass is 32.1. The van der Waals surface area contributed by atoms with Gasteiger partial charge in [0.25, 0.3) is 0 Å². The Hall–Kier alpha value is -3.17. The van der Waals surface area contributed by atoms with Crippen molar-refractivity contribution in [2.45, 2.75) is 46.1 Å². The molecule has 0 saturated carbocycles. The van der Waals surface area contributed by atoms with E-state index in [0.717, 1.165) is 56.9 Å². The minimum atomic E-state index is -1.22. The number of methoxy groups -OCH3 is 1. The molecular weight excluding hydrogens is 502 g/mol. The number of carbonyl (C=O) groups excluding carboxylic acids is 2. The zero-order valence-electron chi connectivity index (χ0n) is 22.7. The number of quaternary nitrogens is 1. The van der Waals surface area contributed by atoms with Crippen LogP contribution in [0.5, 0.6) is 11.5 Å². The number of amides is 1. The van der Waals surface area contributed by atoms with Gasteiger partial charge in [-0.2, -0.15) is 0 Å². The molecule has 1 aromatic heterocycles. The van der Waals surface area contributed by atoms with Crippen molar-refractivity contribution in [3.8, 4) is 11.5 Å². The van der Waals surface area contributed by atoms with E-state index in [4.69, 9.17) is 14.5 Å². The number of ether oxygens (including phenoxy) is 2. The normalized spacial score (nSPS) is 14.3. The highest BCUT2D eigenvalue weighted by Gasteiger charge is 2.43. The summed E-state index contributed by atoms with van der Waals surface area (Å²) in [6, 6.07) is 11.5. The van der Waals surface area contributed by atoms with Gasteiger partial charge in [0.2, 0.25) is 5.91 Å². The molecule has 0 saturated heterocycles. The lowest BCUT2D eigenvalue weighted by atomic mass is 9.80. The summed E-state index contributed by atoms with van der Waals surface area (Å²) in [7, 11) is 3.88. The number of benzene rings is 2. The number of aromatic nitrogens is 1. The van der Waals surface area contributed by atoms with Crippen molar-refractivity contribution >= 4 is 33.4 Å². The van der Waals surface area contributed by atoms with E-state index in [1.54, 1.807) is 7.11 Å². The van der Waals surface area contributed by atoms with Crippen LogP contribution in [0.25, 0.3) is 10.2 Å². The zero-order valence-corrected chi connectivity index (χ0v) is 23.5. The van der Waals surface area contributed by atoms with Crippen molar-refractivity contribution in [3.05, 3.63) is 52.5 Å². The summed E-state index contributed by atoms with van der Waals surface area (Å²) in [6.07, 6.45) is 1.38. The van der Waals surface area contributed by atoms with Gasteiger partial charge in [-0.05, 0) is 37.8 Å². The summed E-state index contributed by atoms with van der Waals surface area (Å²) in [5.41, 5.74) is 1.75. The van der Waals surface area contributed by atoms with E-state index in [-0.39, 0.29) is 18.9 Å². The number of carboxylic acids is 1. The Bertz CT molecular complexity index is 1280. The van der Waals surface area contributed by atoms with Crippen molar-refractivity contribution in [1.82, 2.24) is 10.3 Å². The minimum Gasteiger partial charge on any atom is -0.550 e. The summed E-state index contributed by atoms with van der Waals surface area (Å²) < 4.78 is 13.6. The summed E-state index contributed by atoms with van der Waals surface area (Å²) in [4.78, 5) is 29.6. The van der Waals surface area contributed by atoms with Crippen LogP contribution < -0.4 is 19.9 Å². The molecule has 9 heteroatoms. The molecule has 2 aromatic carbocycles. The Morgan fingerprint density at radius 2 is 1.82 bits per heavy atom. The van der Waals surface area contributed by atoms with E-state index in [1.165, 1.54) is 11.3 Å². The molecule has 1 aliphatic carbocycles. The van der Waals surface area contributed by atoms with Crippen molar-refractivity contribution in [3.63, 3.8) is 0 Å². The Balaban J connectivity index is 1.43. The van der Waals surface area contributed by atoms with E-state index in [9.17, 15) is 14.7 Å². The first kappa shape index (κ1) is 27.9. The Labute approximate surface area is 228 Å². The van der Waals surface area contributed by atoms with Crippen LogP contribution in [0.2, 0.25) is 0 Å². The molecule has 8 nitrogen and oxygen atoms in total. The van der Waals surface area contributed by atoms with Gasteiger partial charge in [-0.3, -0.25) is 4.79 Å². The SMILES string of the molecule is CC[N+](C)(CC)CCCOc1cc2nc(CNC(=O)C3(CC(=O)[O-])Cc4ccccc4C3)sc2cc1OC. The average molecular weight is 540 g/mol. The molecule has 3 aromatic rings. The molecule has 38 heavy (non-hydrogen) atoms. The van der Waals surface area contributed by atoms with Crippen LogP contribution >= 0.6 is 11.3 Å². The monoisotopic (exact) mass is 539 g/mol. The maximum Gasteiger partial charge on any atom is 0.227 e. The van der Waals surface area contributed by atoms with E-state index in [0.29, 0.717) is 30.9 Å². The number of nitrogens with one attached hydrogen (secondary N) is 1. The van der Waals surface area contributed by atoms with Gasteiger partial charge in [-0.1, -0.05) is 24.3 Å². The zero-order chi connectivity index (χ0) is 27.3. The summed E-state index contributed by atoms with van der Waals surface area (Å²) in [5.74, 6) is -0.208. The molecular formula is C29H37N3O5S. The maximum absolute atomic E-state index is 13.3. The second-order valence-corrected chi connectivity index (χ2v) is 11.5. The topological polar surface area (TPSA) is 101 Å². The maximum atomic E-state index is 13.3. The summed E-state index contributed by atoms with van der Waals surface area (Å²) in [5, 5.41) is 15.2. The quantitative estimate of drug-likeness (QED) is 0.265. The molecule has 0 bridgehead atoms. The molecule has 1 heterocycles.